The number of hydrogen-bond donors (Lipinski definition) is 2. The molecule has 8 nitrogen and oxygen atoms in total. The first-order valence-electron chi connectivity index (χ1n) is 7.32. The molecule has 1 fully saturated rings. The van der Waals surface area contributed by atoms with E-state index >= 15 is 0 Å². The molecule has 0 spiro atoms. The summed E-state index contributed by atoms with van der Waals surface area (Å²) in [5.74, 6) is -0.589. The molecular formula is C15H17FN4O4S. The number of ether oxygens (including phenoxy) is 1. The molecule has 1 aliphatic heterocycles. The summed E-state index contributed by atoms with van der Waals surface area (Å²) in [7, 11) is 0. The number of carbonyl (C=O) groups is 2. The second kappa shape index (κ2) is 8.47. The molecule has 2 N–H and O–H groups in total. The fraction of sp³-hybridized carbons (Fsp3) is 0.333. The van der Waals surface area contributed by atoms with E-state index in [1.807, 2.05) is 0 Å². The van der Waals surface area contributed by atoms with E-state index in [0.29, 0.717) is 11.4 Å². The van der Waals surface area contributed by atoms with Crippen molar-refractivity contribution < 1.29 is 18.7 Å². The SMILES string of the molecule is C=C(CSN=O)Nc1ccc(N2C[C@H](CNC(C)=O)OC2=O)cc1F. The molecule has 2 rings (SSSR count). The van der Waals surface area contributed by atoms with E-state index in [-0.39, 0.29) is 30.4 Å². The van der Waals surface area contributed by atoms with E-state index in [9.17, 15) is 18.9 Å². The lowest BCUT2D eigenvalue weighted by molar-refractivity contribution is -0.119. The summed E-state index contributed by atoms with van der Waals surface area (Å²) < 4.78 is 22.0. The maximum Gasteiger partial charge on any atom is 0.414 e. The first-order valence-corrected chi connectivity index (χ1v) is 8.26. The first kappa shape index (κ1) is 18.7. The maximum absolute atomic E-state index is 14.2. The van der Waals surface area contributed by atoms with Crippen LogP contribution in [0.2, 0.25) is 0 Å². The van der Waals surface area contributed by atoms with Crippen LogP contribution in [0.5, 0.6) is 0 Å². The third-order valence-corrected chi connectivity index (χ3v) is 3.90. The van der Waals surface area contributed by atoms with Gasteiger partial charge in [-0.1, -0.05) is 6.58 Å². The second-order valence-electron chi connectivity index (χ2n) is 5.29. The lowest BCUT2D eigenvalue weighted by atomic mass is 10.2. The minimum atomic E-state index is -0.603. The summed E-state index contributed by atoms with van der Waals surface area (Å²) in [5, 5.41) is 5.31. The van der Waals surface area contributed by atoms with Crippen LogP contribution in [0.4, 0.5) is 20.6 Å². The number of anilines is 2. The van der Waals surface area contributed by atoms with Crippen molar-refractivity contribution in [2.45, 2.75) is 13.0 Å². The van der Waals surface area contributed by atoms with Crippen LogP contribution in [0.25, 0.3) is 0 Å². The Hall–Kier alpha value is -2.62. The van der Waals surface area contributed by atoms with Gasteiger partial charge in [-0.05, 0) is 18.2 Å². The van der Waals surface area contributed by atoms with Gasteiger partial charge in [0.1, 0.15) is 11.9 Å². The molecule has 0 unspecified atom stereocenters. The molecule has 2 amide bonds. The second-order valence-corrected chi connectivity index (χ2v) is 5.99. The van der Waals surface area contributed by atoms with Gasteiger partial charge in [-0.15, -0.1) is 4.91 Å². The number of nitrogens with one attached hydrogen (secondary N) is 2. The average molecular weight is 368 g/mol. The van der Waals surface area contributed by atoms with Crippen molar-refractivity contribution >= 4 is 35.3 Å². The smallest absolute Gasteiger partial charge is 0.414 e. The van der Waals surface area contributed by atoms with Crippen LogP contribution >= 0.6 is 11.9 Å². The summed E-state index contributed by atoms with van der Waals surface area (Å²) in [6.45, 7) is 5.44. The van der Waals surface area contributed by atoms with Crippen molar-refractivity contribution in [1.82, 2.24) is 5.32 Å². The largest absolute Gasteiger partial charge is 0.442 e. The molecule has 134 valence electrons. The summed E-state index contributed by atoms with van der Waals surface area (Å²) in [6.07, 6.45) is -1.10. The Labute approximate surface area is 147 Å². The molecule has 0 aromatic heterocycles. The van der Waals surface area contributed by atoms with E-state index < -0.39 is 18.0 Å². The van der Waals surface area contributed by atoms with Gasteiger partial charge in [0.2, 0.25) is 5.91 Å². The summed E-state index contributed by atoms with van der Waals surface area (Å²) in [6, 6.07) is 4.22. The summed E-state index contributed by atoms with van der Waals surface area (Å²) in [5.41, 5.74) is 0.933. The zero-order valence-electron chi connectivity index (χ0n) is 13.5. The standard InChI is InChI=1S/C15H17FN4O4S/c1-9(8-25-19-23)18-14-4-3-11(5-13(14)16)20-7-12(24-15(20)22)6-17-10(2)21/h3-5,12,18H,1,6-8H2,2H3,(H,17,21)/t12-/m0/s1. The Morgan fingerprint density at radius 3 is 2.96 bits per heavy atom. The van der Waals surface area contributed by atoms with Crippen molar-refractivity contribution in [3.63, 3.8) is 0 Å². The van der Waals surface area contributed by atoms with Gasteiger partial charge in [0.05, 0.1) is 30.2 Å². The van der Waals surface area contributed by atoms with Crippen LogP contribution < -0.4 is 15.5 Å². The molecule has 1 aromatic carbocycles. The summed E-state index contributed by atoms with van der Waals surface area (Å²) >= 11 is 0.758. The van der Waals surface area contributed by atoms with E-state index in [4.69, 9.17) is 4.74 Å². The number of carbonyl (C=O) groups excluding carboxylic acids is 2. The first-order chi connectivity index (χ1) is 11.9. The van der Waals surface area contributed by atoms with Gasteiger partial charge in [0.25, 0.3) is 0 Å². The van der Waals surface area contributed by atoms with Gasteiger partial charge in [-0.2, -0.15) is 0 Å². The van der Waals surface area contributed by atoms with Gasteiger partial charge in [-0.3, -0.25) is 9.69 Å². The average Bonchev–Trinajstić information content (AvgIpc) is 2.94. The van der Waals surface area contributed by atoms with Crippen molar-refractivity contribution in [1.29, 1.82) is 0 Å². The molecule has 1 aliphatic rings. The normalized spacial score (nSPS) is 16.3. The Kier molecular flexibility index (Phi) is 6.34. The highest BCUT2D eigenvalue weighted by Crippen LogP contribution is 2.26. The van der Waals surface area contributed by atoms with E-state index in [1.54, 1.807) is 6.07 Å². The fourth-order valence-corrected chi connectivity index (χ4v) is 2.48. The molecule has 0 saturated carbocycles. The van der Waals surface area contributed by atoms with Gasteiger partial charge < -0.3 is 15.4 Å². The van der Waals surface area contributed by atoms with Crippen molar-refractivity contribution in [3.8, 4) is 0 Å². The van der Waals surface area contributed by atoms with Crippen LogP contribution in [0.3, 0.4) is 0 Å². The molecule has 0 bridgehead atoms. The van der Waals surface area contributed by atoms with E-state index in [2.05, 4.69) is 21.8 Å². The van der Waals surface area contributed by atoms with Crippen LogP contribution in [0.1, 0.15) is 6.92 Å². The van der Waals surface area contributed by atoms with Crippen LogP contribution in [0, 0.1) is 10.7 Å². The van der Waals surface area contributed by atoms with Gasteiger partial charge >= 0.3 is 6.09 Å². The van der Waals surface area contributed by atoms with Crippen LogP contribution in [-0.4, -0.2) is 36.9 Å². The molecule has 25 heavy (non-hydrogen) atoms. The molecule has 1 aromatic rings. The lowest BCUT2D eigenvalue weighted by Gasteiger charge is -2.15. The lowest BCUT2D eigenvalue weighted by Crippen LogP contribution is -2.33. The molecule has 1 atom stereocenters. The van der Waals surface area contributed by atoms with Crippen LogP contribution in [0.15, 0.2) is 35.1 Å². The minimum absolute atomic E-state index is 0.169. The van der Waals surface area contributed by atoms with Gasteiger partial charge in [0.15, 0.2) is 0 Å². The molecule has 10 heteroatoms. The van der Waals surface area contributed by atoms with E-state index in [0.717, 1.165) is 11.9 Å². The highest BCUT2D eigenvalue weighted by Gasteiger charge is 2.32. The van der Waals surface area contributed by atoms with Gasteiger partial charge in [0, 0.05) is 29.2 Å². The molecule has 1 saturated heterocycles. The third-order valence-electron chi connectivity index (χ3n) is 3.32. The van der Waals surface area contributed by atoms with E-state index in [1.165, 1.54) is 24.0 Å². The fourth-order valence-electron chi connectivity index (χ4n) is 2.20. The van der Waals surface area contributed by atoms with Crippen molar-refractivity contribution in [2.75, 3.05) is 29.1 Å². The number of hydrogen-bond acceptors (Lipinski definition) is 7. The molecular weight excluding hydrogens is 351 g/mol. The third kappa shape index (κ3) is 5.18. The minimum Gasteiger partial charge on any atom is -0.442 e. The number of cyclic esters (lactones) is 1. The Morgan fingerprint density at radius 2 is 2.32 bits per heavy atom. The van der Waals surface area contributed by atoms with Crippen molar-refractivity contribution in [3.05, 3.63) is 41.2 Å². The maximum atomic E-state index is 14.2. The summed E-state index contributed by atoms with van der Waals surface area (Å²) in [4.78, 5) is 34.2. The number of amides is 2. The van der Waals surface area contributed by atoms with Crippen LogP contribution in [-0.2, 0) is 9.53 Å². The number of nitrogens with zero attached hydrogens (tertiary/aromatic N) is 2. The Bertz CT molecular complexity index is 700. The predicted molar refractivity (Wildman–Crippen MR) is 93.7 cm³/mol. The zero-order valence-corrected chi connectivity index (χ0v) is 14.3. The molecule has 0 aliphatic carbocycles. The number of nitroso groups, excluding NO2 is 1. The monoisotopic (exact) mass is 368 g/mol. The Morgan fingerprint density at radius 1 is 1.56 bits per heavy atom. The highest BCUT2D eigenvalue weighted by molar-refractivity contribution is 7.98. The Balaban J connectivity index is 2.02. The highest BCUT2D eigenvalue weighted by atomic mass is 32.2. The molecule has 1 heterocycles. The number of rotatable bonds is 8. The van der Waals surface area contributed by atoms with Crippen molar-refractivity contribution in [2.24, 2.45) is 4.58 Å². The topological polar surface area (TPSA) is 100 Å². The van der Waals surface area contributed by atoms with Gasteiger partial charge in [-0.25, -0.2) is 9.18 Å². The number of benzene rings is 1. The quantitative estimate of drug-likeness (QED) is 0.540. The zero-order chi connectivity index (χ0) is 18.4. The number of halogens is 1. The predicted octanol–water partition coefficient (Wildman–Crippen LogP) is 2.63. The molecule has 0 radical (unpaired) electrons.